The summed E-state index contributed by atoms with van der Waals surface area (Å²) < 4.78 is 38.4. The van der Waals surface area contributed by atoms with E-state index in [1.807, 2.05) is 6.26 Å². The average Bonchev–Trinajstić information content (AvgIpc) is 2.96. The number of anilines is 1. The van der Waals surface area contributed by atoms with Crippen LogP contribution in [0.25, 0.3) is 0 Å². The van der Waals surface area contributed by atoms with Crippen molar-refractivity contribution in [1.82, 2.24) is 9.88 Å². The number of carbonyl (C=O) groups excluding carboxylic acids is 2. The Balaban J connectivity index is 1.87. The molecule has 1 aromatic carbocycles. The van der Waals surface area contributed by atoms with Crippen LogP contribution in [-0.4, -0.2) is 41.5 Å². The van der Waals surface area contributed by atoms with E-state index in [1.165, 1.54) is 28.8 Å². The zero-order valence-corrected chi connectivity index (χ0v) is 16.0. The first kappa shape index (κ1) is 20.2. The molecule has 0 bridgehead atoms. The van der Waals surface area contributed by atoms with Gasteiger partial charge in [0, 0.05) is 25.7 Å². The topological polar surface area (TPSA) is 62.3 Å². The number of thioether (sulfide) groups is 1. The van der Waals surface area contributed by atoms with E-state index in [4.69, 9.17) is 0 Å². The van der Waals surface area contributed by atoms with Gasteiger partial charge in [0.2, 0.25) is 11.8 Å². The molecule has 0 unspecified atom stereocenters. The Hall–Kier alpha value is -2.55. The maximum Gasteiger partial charge on any atom is 0.416 e. The fourth-order valence-electron chi connectivity index (χ4n) is 3.27. The Labute approximate surface area is 164 Å². The Morgan fingerprint density at radius 2 is 1.93 bits per heavy atom. The second-order valence-electron chi connectivity index (χ2n) is 6.47. The molecule has 1 aliphatic rings. The van der Waals surface area contributed by atoms with Crippen molar-refractivity contribution in [2.24, 2.45) is 5.92 Å². The van der Waals surface area contributed by atoms with E-state index in [1.54, 1.807) is 25.4 Å². The van der Waals surface area contributed by atoms with Gasteiger partial charge in [-0.15, -0.1) is 11.8 Å². The minimum atomic E-state index is -4.44. The fourth-order valence-corrected chi connectivity index (χ4v) is 3.78. The summed E-state index contributed by atoms with van der Waals surface area (Å²) in [6, 6.07) is 7.97. The maximum atomic E-state index is 12.9. The molecule has 1 fully saturated rings. The summed E-state index contributed by atoms with van der Waals surface area (Å²) in [6.45, 7) is 0.255. The third-order valence-corrected chi connectivity index (χ3v) is 5.40. The van der Waals surface area contributed by atoms with E-state index in [2.05, 4.69) is 10.3 Å². The maximum absolute atomic E-state index is 12.9. The van der Waals surface area contributed by atoms with Crippen LogP contribution in [0.3, 0.4) is 0 Å². The normalized spacial score (nSPS) is 19.8. The molecule has 1 saturated heterocycles. The van der Waals surface area contributed by atoms with Gasteiger partial charge in [-0.05, 0) is 36.1 Å². The highest BCUT2D eigenvalue weighted by atomic mass is 32.2. The third-order valence-electron chi connectivity index (χ3n) is 4.69. The highest BCUT2D eigenvalue weighted by molar-refractivity contribution is 7.98. The number of likely N-dealkylation sites (tertiary alicyclic amines) is 1. The van der Waals surface area contributed by atoms with Crippen LogP contribution in [0.4, 0.5) is 18.9 Å². The summed E-state index contributed by atoms with van der Waals surface area (Å²) in [6.07, 6.45) is -1.02. The number of rotatable bonds is 4. The van der Waals surface area contributed by atoms with Crippen molar-refractivity contribution in [3.63, 3.8) is 0 Å². The van der Waals surface area contributed by atoms with Crippen LogP contribution in [0, 0.1) is 5.92 Å². The predicted molar refractivity (Wildman–Crippen MR) is 100.0 cm³/mol. The smallest absolute Gasteiger partial charge is 0.344 e. The van der Waals surface area contributed by atoms with E-state index in [0.717, 1.165) is 12.1 Å². The van der Waals surface area contributed by atoms with Crippen molar-refractivity contribution in [3.05, 3.63) is 53.7 Å². The van der Waals surface area contributed by atoms with Gasteiger partial charge in [-0.3, -0.25) is 9.59 Å². The van der Waals surface area contributed by atoms with Gasteiger partial charge in [0.25, 0.3) is 0 Å². The number of pyridine rings is 1. The first-order valence-electron chi connectivity index (χ1n) is 8.44. The molecule has 2 amide bonds. The number of nitrogens with zero attached hydrogens (tertiary/aromatic N) is 2. The first-order valence-corrected chi connectivity index (χ1v) is 9.67. The minimum Gasteiger partial charge on any atom is -0.344 e. The molecule has 148 valence electrons. The van der Waals surface area contributed by atoms with Crippen molar-refractivity contribution in [3.8, 4) is 0 Å². The number of alkyl halides is 3. The lowest BCUT2D eigenvalue weighted by molar-refractivity contribution is -0.138. The van der Waals surface area contributed by atoms with Gasteiger partial charge in [0.15, 0.2) is 0 Å². The largest absolute Gasteiger partial charge is 0.416 e. The average molecular weight is 409 g/mol. The Bertz CT molecular complexity index is 887. The highest BCUT2D eigenvalue weighted by Crippen LogP contribution is 2.36. The lowest BCUT2D eigenvalue weighted by atomic mass is 9.87. The molecule has 0 aliphatic carbocycles. The van der Waals surface area contributed by atoms with Crippen LogP contribution >= 0.6 is 11.8 Å². The number of hydrogen-bond acceptors (Lipinski definition) is 4. The Morgan fingerprint density at radius 3 is 2.54 bits per heavy atom. The van der Waals surface area contributed by atoms with Crippen molar-refractivity contribution >= 4 is 29.3 Å². The van der Waals surface area contributed by atoms with Gasteiger partial charge >= 0.3 is 6.18 Å². The van der Waals surface area contributed by atoms with E-state index in [0.29, 0.717) is 16.3 Å². The lowest BCUT2D eigenvalue weighted by Crippen LogP contribution is -2.32. The third kappa shape index (κ3) is 3.99. The highest BCUT2D eigenvalue weighted by Gasteiger charge is 2.44. The summed E-state index contributed by atoms with van der Waals surface area (Å²) >= 11 is 1.35. The van der Waals surface area contributed by atoms with Gasteiger partial charge < -0.3 is 10.2 Å². The molecule has 2 aromatic rings. The van der Waals surface area contributed by atoms with Gasteiger partial charge in [-0.1, -0.05) is 12.1 Å². The molecule has 9 heteroatoms. The number of aromatic nitrogens is 1. The zero-order chi connectivity index (χ0) is 20.5. The van der Waals surface area contributed by atoms with Crippen LogP contribution in [-0.2, 0) is 15.8 Å². The molecule has 0 saturated carbocycles. The summed E-state index contributed by atoms with van der Waals surface area (Å²) in [5.74, 6) is -2.41. The number of benzene rings is 1. The first-order chi connectivity index (χ1) is 13.2. The molecule has 3 rings (SSSR count). The van der Waals surface area contributed by atoms with Gasteiger partial charge in [-0.25, -0.2) is 4.98 Å². The molecule has 2 heterocycles. The summed E-state index contributed by atoms with van der Waals surface area (Å²) in [5.41, 5.74) is 0.241. The van der Waals surface area contributed by atoms with Crippen LogP contribution in [0.15, 0.2) is 47.6 Å². The number of nitrogens with one attached hydrogen (secondary N) is 1. The van der Waals surface area contributed by atoms with E-state index < -0.39 is 29.5 Å². The summed E-state index contributed by atoms with van der Waals surface area (Å²) in [4.78, 5) is 31.0. The van der Waals surface area contributed by atoms with Gasteiger partial charge in [0.05, 0.1) is 11.3 Å². The number of carbonyl (C=O) groups is 2. The molecule has 2 atom stereocenters. The Morgan fingerprint density at radius 1 is 1.25 bits per heavy atom. The number of likely N-dealkylation sites (N-methyl/N-ethyl adjacent to an activating group) is 1. The van der Waals surface area contributed by atoms with Crippen molar-refractivity contribution < 1.29 is 22.8 Å². The second kappa shape index (κ2) is 7.83. The monoisotopic (exact) mass is 409 g/mol. The van der Waals surface area contributed by atoms with Crippen LogP contribution in [0.1, 0.15) is 17.0 Å². The summed E-state index contributed by atoms with van der Waals surface area (Å²) in [5, 5.41) is 3.35. The van der Waals surface area contributed by atoms with E-state index in [9.17, 15) is 22.8 Å². The second-order valence-corrected chi connectivity index (χ2v) is 7.27. The molecule has 0 radical (unpaired) electrons. The number of hydrogen-bond donors (Lipinski definition) is 1. The Kier molecular flexibility index (Phi) is 5.64. The zero-order valence-electron chi connectivity index (χ0n) is 15.2. The number of amides is 2. The standard InChI is InChI=1S/C19H18F3N3O2S/c1-25-10-13(11-5-7-12(8-6-11)19(20,21)22)15(18(25)27)16(26)24-14-4-3-9-23-17(14)28-2/h3-9,13,15H,10H2,1-2H3,(H,24,26)/t13-,15+/m1/s1. The van der Waals surface area contributed by atoms with Crippen molar-refractivity contribution in [2.45, 2.75) is 17.1 Å². The summed E-state index contributed by atoms with van der Waals surface area (Å²) in [7, 11) is 1.57. The minimum absolute atomic E-state index is 0.255. The molecule has 0 spiro atoms. The van der Waals surface area contributed by atoms with Gasteiger partial charge in [-0.2, -0.15) is 13.2 Å². The predicted octanol–water partition coefficient (Wildman–Crippen LogP) is 3.63. The fraction of sp³-hybridized carbons (Fsp3) is 0.316. The molecule has 1 N–H and O–H groups in total. The van der Waals surface area contributed by atoms with Gasteiger partial charge in [0.1, 0.15) is 10.9 Å². The molecule has 28 heavy (non-hydrogen) atoms. The quantitative estimate of drug-likeness (QED) is 0.619. The molecule has 1 aliphatic heterocycles. The SMILES string of the molecule is CSc1ncccc1NC(=O)[C@H]1C(=O)N(C)C[C@@H]1c1ccc(C(F)(F)F)cc1. The molecule has 1 aromatic heterocycles. The van der Waals surface area contributed by atoms with E-state index >= 15 is 0 Å². The van der Waals surface area contributed by atoms with Crippen molar-refractivity contribution in [1.29, 1.82) is 0 Å². The van der Waals surface area contributed by atoms with E-state index in [-0.39, 0.29) is 12.5 Å². The van der Waals surface area contributed by atoms with Crippen molar-refractivity contribution in [2.75, 3.05) is 25.2 Å². The van der Waals surface area contributed by atoms with Crippen LogP contribution in [0.2, 0.25) is 0 Å². The van der Waals surface area contributed by atoms with Crippen LogP contribution in [0.5, 0.6) is 0 Å². The lowest BCUT2D eigenvalue weighted by Gasteiger charge is -2.18. The number of halogens is 3. The molecular weight excluding hydrogens is 391 g/mol. The van der Waals surface area contributed by atoms with Crippen LogP contribution < -0.4 is 5.32 Å². The molecular formula is C19H18F3N3O2S. The molecule has 5 nitrogen and oxygen atoms in total.